The molecule has 2 aromatic carbocycles. The lowest BCUT2D eigenvalue weighted by molar-refractivity contribution is -0.663. The van der Waals surface area contributed by atoms with Crippen LogP contribution < -0.4 is 15.0 Å². The molecule has 0 radical (unpaired) electrons. The van der Waals surface area contributed by atoms with Crippen molar-refractivity contribution in [2.45, 2.75) is 13.5 Å². The van der Waals surface area contributed by atoms with Gasteiger partial charge in [-0.2, -0.15) is 4.57 Å². The summed E-state index contributed by atoms with van der Waals surface area (Å²) in [6.45, 7) is 6.48. The van der Waals surface area contributed by atoms with Crippen LogP contribution in [0.15, 0.2) is 48.5 Å². The van der Waals surface area contributed by atoms with Gasteiger partial charge in [-0.05, 0) is 35.6 Å². The maximum atomic E-state index is 10.2. The number of hydrogen-bond acceptors (Lipinski definition) is 2. The summed E-state index contributed by atoms with van der Waals surface area (Å²) in [6, 6.07) is 14.8. The Balaban J connectivity index is 2.20. The number of pyridine rings is 1. The zero-order valence-electron chi connectivity index (χ0n) is 12.5. The van der Waals surface area contributed by atoms with Crippen LogP contribution in [0.3, 0.4) is 0 Å². The molecule has 0 bridgehead atoms. The van der Waals surface area contributed by atoms with Gasteiger partial charge in [0.05, 0.1) is 5.39 Å². The number of para-hydroxylation sites is 1. The minimum absolute atomic E-state index is 0.218. The second-order valence-electron chi connectivity index (χ2n) is 5.35. The highest BCUT2D eigenvalue weighted by atomic mass is 16.3. The second kappa shape index (κ2) is 5.53. The molecule has 0 saturated heterocycles. The Bertz CT molecular complexity index is 961. The summed E-state index contributed by atoms with van der Waals surface area (Å²) in [5.41, 5.74) is 1.83. The summed E-state index contributed by atoms with van der Waals surface area (Å²) in [4.78, 5) is 0. The van der Waals surface area contributed by atoms with Gasteiger partial charge in [-0.25, -0.2) is 0 Å². The van der Waals surface area contributed by atoms with Crippen molar-refractivity contribution in [3.8, 4) is 11.5 Å². The molecule has 0 spiro atoms. The van der Waals surface area contributed by atoms with Gasteiger partial charge >= 0.3 is 0 Å². The Hall–Kier alpha value is -2.81. The van der Waals surface area contributed by atoms with E-state index in [2.05, 4.69) is 6.58 Å². The lowest BCUT2D eigenvalue weighted by Gasteiger charge is -2.04. The van der Waals surface area contributed by atoms with E-state index in [0.717, 1.165) is 27.0 Å². The molecule has 0 aliphatic heterocycles. The fourth-order valence-electron chi connectivity index (χ4n) is 2.71. The molecule has 22 heavy (non-hydrogen) atoms. The van der Waals surface area contributed by atoms with Crippen LogP contribution in [0.2, 0.25) is 0 Å². The number of hydrogen-bond donors (Lipinski definition) is 2. The van der Waals surface area contributed by atoms with E-state index in [1.54, 1.807) is 18.2 Å². The van der Waals surface area contributed by atoms with E-state index in [1.165, 1.54) is 0 Å². The number of aromatic nitrogens is 1. The maximum Gasteiger partial charge on any atom is 0.255 e. The van der Waals surface area contributed by atoms with Crippen molar-refractivity contribution in [1.29, 1.82) is 0 Å². The minimum Gasteiger partial charge on any atom is -0.507 e. The number of benzene rings is 2. The molecule has 0 aliphatic rings. The third-order valence-electron chi connectivity index (χ3n) is 3.90. The van der Waals surface area contributed by atoms with E-state index in [4.69, 9.17) is 0 Å². The zero-order chi connectivity index (χ0) is 15.7. The van der Waals surface area contributed by atoms with E-state index < -0.39 is 0 Å². The smallest absolute Gasteiger partial charge is 0.255 e. The summed E-state index contributed by atoms with van der Waals surface area (Å²) < 4.78 is 2.02. The number of phenols is 2. The Morgan fingerprint density at radius 2 is 1.73 bits per heavy atom. The van der Waals surface area contributed by atoms with Gasteiger partial charge in [0, 0.05) is 18.2 Å². The topological polar surface area (TPSA) is 44.3 Å². The summed E-state index contributed by atoms with van der Waals surface area (Å²) >= 11 is 0. The van der Waals surface area contributed by atoms with Crippen LogP contribution in [0.1, 0.15) is 5.69 Å². The van der Waals surface area contributed by atoms with E-state index in [0.29, 0.717) is 6.54 Å². The molecular formula is C19H18NO2+. The third kappa shape index (κ3) is 2.42. The fraction of sp³-hybridized carbons (Fsp3) is 0.105. The first kappa shape index (κ1) is 14.1. The second-order valence-corrected chi connectivity index (χ2v) is 5.35. The fourth-order valence-corrected chi connectivity index (χ4v) is 2.71. The summed E-state index contributed by atoms with van der Waals surface area (Å²) in [7, 11) is 0. The van der Waals surface area contributed by atoms with Gasteiger partial charge in [-0.15, -0.1) is 0 Å². The molecule has 0 atom stereocenters. The molecule has 1 heterocycles. The Kier molecular flexibility index (Phi) is 3.55. The first-order chi connectivity index (χ1) is 10.6. The van der Waals surface area contributed by atoms with Crippen LogP contribution in [0, 0.1) is 6.92 Å². The van der Waals surface area contributed by atoms with Crippen molar-refractivity contribution < 1.29 is 14.8 Å². The molecule has 3 aromatic rings. The van der Waals surface area contributed by atoms with Crippen molar-refractivity contribution in [1.82, 2.24) is 0 Å². The van der Waals surface area contributed by atoms with Crippen LogP contribution in [0.5, 0.6) is 11.5 Å². The molecule has 0 amide bonds. The highest BCUT2D eigenvalue weighted by molar-refractivity contribution is 5.81. The van der Waals surface area contributed by atoms with Gasteiger partial charge in [0.15, 0.2) is 18.0 Å². The summed E-state index contributed by atoms with van der Waals surface area (Å²) in [6.07, 6.45) is 1.93. The monoisotopic (exact) mass is 292 g/mol. The largest absolute Gasteiger partial charge is 0.507 e. The molecule has 3 nitrogen and oxygen atoms in total. The van der Waals surface area contributed by atoms with Gasteiger partial charge in [0.25, 0.3) is 5.52 Å². The molecule has 3 rings (SSSR count). The molecule has 3 heteroatoms. The van der Waals surface area contributed by atoms with Crippen molar-refractivity contribution in [3.05, 3.63) is 64.7 Å². The van der Waals surface area contributed by atoms with Crippen molar-refractivity contribution in [2.75, 3.05) is 0 Å². The lowest BCUT2D eigenvalue weighted by Crippen LogP contribution is -2.38. The predicted molar refractivity (Wildman–Crippen MR) is 87.9 cm³/mol. The maximum absolute atomic E-state index is 10.2. The van der Waals surface area contributed by atoms with Crippen LogP contribution in [0.25, 0.3) is 23.6 Å². The molecule has 2 N–H and O–H groups in total. The van der Waals surface area contributed by atoms with Gasteiger partial charge < -0.3 is 10.2 Å². The number of aryl methyl sites for hydroxylation is 1. The van der Waals surface area contributed by atoms with Gasteiger partial charge in [0.1, 0.15) is 5.75 Å². The minimum atomic E-state index is 0.218. The first-order valence-corrected chi connectivity index (χ1v) is 7.16. The molecular weight excluding hydrogens is 274 g/mol. The van der Waals surface area contributed by atoms with Gasteiger partial charge in [-0.3, -0.25) is 0 Å². The average Bonchev–Trinajstić information content (AvgIpc) is 2.49. The van der Waals surface area contributed by atoms with E-state index in [1.807, 2.05) is 47.9 Å². The van der Waals surface area contributed by atoms with Crippen LogP contribution in [0.4, 0.5) is 0 Å². The van der Waals surface area contributed by atoms with Crippen LogP contribution in [-0.2, 0) is 6.54 Å². The van der Waals surface area contributed by atoms with Crippen molar-refractivity contribution in [2.24, 2.45) is 0 Å². The summed E-state index contributed by atoms with van der Waals surface area (Å²) in [5.74, 6) is 0.469. The number of fused-ring (bicyclic) bond motifs is 1. The molecule has 110 valence electrons. The highest BCUT2D eigenvalue weighted by Crippen LogP contribution is 2.21. The number of nitrogens with zero attached hydrogens (tertiary/aromatic N) is 1. The van der Waals surface area contributed by atoms with Crippen molar-refractivity contribution >= 4 is 23.6 Å². The van der Waals surface area contributed by atoms with Crippen LogP contribution in [-0.4, -0.2) is 10.2 Å². The standard InChI is InChI=1S/C19H17NO2/c1-13-5-3-7-17(21)16(13)11-12-20-14(2)9-10-15-6-4-8-18(22)19(15)20/h3-11H,1,12H2,2H3,(H-,21,22)/p+1/b16-11-. The lowest BCUT2D eigenvalue weighted by atomic mass is 10.1. The van der Waals surface area contributed by atoms with E-state index in [9.17, 15) is 10.2 Å². The Labute approximate surface area is 128 Å². The number of rotatable bonds is 2. The Morgan fingerprint density at radius 3 is 2.50 bits per heavy atom. The van der Waals surface area contributed by atoms with Gasteiger partial charge in [-0.1, -0.05) is 24.8 Å². The predicted octanol–water partition coefficient (Wildman–Crippen LogP) is 1.74. The molecule has 0 aliphatic carbocycles. The number of phenolic OH excluding ortho intramolecular Hbond substituents is 2. The molecule has 0 unspecified atom stereocenters. The molecule has 0 saturated carbocycles. The highest BCUT2D eigenvalue weighted by Gasteiger charge is 2.15. The molecule has 0 fully saturated rings. The Morgan fingerprint density at radius 1 is 1.00 bits per heavy atom. The van der Waals surface area contributed by atoms with E-state index >= 15 is 0 Å². The normalized spacial score (nSPS) is 12.0. The number of aromatic hydroxyl groups is 2. The van der Waals surface area contributed by atoms with Crippen molar-refractivity contribution in [3.63, 3.8) is 0 Å². The van der Waals surface area contributed by atoms with Crippen LogP contribution >= 0.6 is 0 Å². The quantitative estimate of drug-likeness (QED) is 0.707. The first-order valence-electron chi connectivity index (χ1n) is 7.16. The third-order valence-corrected chi connectivity index (χ3v) is 3.90. The zero-order valence-corrected chi connectivity index (χ0v) is 12.5. The average molecular weight is 292 g/mol. The van der Waals surface area contributed by atoms with E-state index in [-0.39, 0.29) is 11.5 Å². The van der Waals surface area contributed by atoms with Gasteiger partial charge in [0.2, 0.25) is 0 Å². The SMILES string of the molecule is C=c1cccc(O)/c1=C\C[n+]1c(C)ccc2cccc(O)c21. The molecule has 1 aromatic heterocycles. The summed E-state index contributed by atoms with van der Waals surface area (Å²) in [5, 5.41) is 22.6.